The summed E-state index contributed by atoms with van der Waals surface area (Å²) in [6.07, 6.45) is 2.59. The van der Waals surface area contributed by atoms with Gasteiger partial charge in [0.15, 0.2) is 0 Å². The summed E-state index contributed by atoms with van der Waals surface area (Å²) in [5, 5.41) is 0.857. The number of thioether (sulfide) groups is 1. The Morgan fingerprint density at radius 1 is 1.26 bits per heavy atom. The minimum Gasteiger partial charge on any atom is -0.440 e. The summed E-state index contributed by atoms with van der Waals surface area (Å²) >= 11 is 1.60. The van der Waals surface area contributed by atoms with E-state index in [0.717, 1.165) is 12.1 Å². The van der Waals surface area contributed by atoms with Crippen molar-refractivity contribution in [1.82, 2.24) is 4.98 Å². The van der Waals surface area contributed by atoms with Crippen LogP contribution in [0, 0.1) is 13.8 Å². The van der Waals surface area contributed by atoms with Crippen molar-refractivity contribution in [3.05, 3.63) is 47.3 Å². The van der Waals surface area contributed by atoms with E-state index in [1.54, 1.807) is 18.0 Å². The second-order valence-corrected chi connectivity index (χ2v) is 5.87. The van der Waals surface area contributed by atoms with E-state index in [9.17, 15) is 0 Å². The van der Waals surface area contributed by atoms with E-state index in [4.69, 9.17) is 10.2 Å². The van der Waals surface area contributed by atoms with Gasteiger partial charge >= 0.3 is 0 Å². The van der Waals surface area contributed by atoms with Gasteiger partial charge in [0.25, 0.3) is 5.22 Å². The molecule has 19 heavy (non-hydrogen) atoms. The summed E-state index contributed by atoms with van der Waals surface area (Å²) in [4.78, 5) is 4.35. The molecule has 2 rings (SSSR count). The average molecular weight is 276 g/mol. The summed E-state index contributed by atoms with van der Waals surface area (Å²) < 4.78 is 5.43. The summed E-state index contributed by atoms with van der Waals surface area (Å²) in [6, 6.07) is 8.59. The van der Waals surface area contributed by atoms with E-state index >= 15 is 0 Å². The topological polar surface area (TPSA) is 52.0 Å². The molecular formula is C15H20N2OS. The third-order valence-electron chi connectivity index (χ3n) is 3.09. The number of hydrogen-bond donors (Lipinski definition) is 1. The summed E-state index contributed by atoms with van der Waals surface area (Å²) in [5.74, 6) is 0. The Kier molecular flexibility index (Phi) is 4.66. The van der Waals surface area contributed by atoms with Gasteiger partial charge in [-0.3, -0.25) is 0 Å². The monoisotopic (exact) mass is 276 g/mol. The molecule has 0 fully saturated rings. The molecule has 0 saturated carbocycles. The quantitative estimate of drug-likeness (QED) is 0.842. The molecule has 0 saturated heterocycles. The van der Waals surface area contributed by atoms with Gasteiger partial charge in [-0.15, -0.1) is 0 Å². The zero-order chi connectivity index (χ0) is 13.8. The van der Waals surface area contributed by atoms with E-state index < -0.39 is 0 Å². The maximum absolute atomic E-state index is 6.25. The fourth-order valence-corrected chi connectivity index (χ4v) is 3.05. The van der Waals surface area contributed by atoms with Crippen LogP contribution in [-0.2, 0) is 0 Å². The number of aryl methyl sites for hydroxylation is 2. The van der Waals surface area contributed by atoms with Crippen LogP contribution < -0.4 is 5.73 Å². The Hall–Kier alpha value is -1.26. The lowest BCUT2D eigenvalue weighted by Crippen LogP contribution is -2.25. The molecule has 0 amide bonds. The number of nitrogens with zero attached hydrogens (tertiary/aromatic N) is 1. The second kappa shape index (κ2) is 6.26. The third-order valence-corrected chi connectivity index (χ3v) is 4.36. The van der Waals surface area contributed by atoms with E-state index in [1.165, 1.54) is 11.1 Å². The Morgan fingerprint density at radius 3 is 2.47 bits per heavy atom. The normalized spacial score (nSPS) is 14.3. The molecule has 2 N–H and O–H groups in total. The van der Waals surface area contributed by atoms with Crippen LogP contribution in [0.2, 0.25) is 0 Å². The van der Waals surface area contributed by atoms with Gasteiger partial charge in [-0.1, -0.05) is 48.5 Å². The van der Waals surface area contributed by atoms with Crippen LogP contribution in [0.3, 0.4) is 0 Å². The smallest absolute Gasteiger partial charge is 0.256 e. The molecule has 2 unspecified atom stereocenters. The lowest BCUT2D eigenvalue weighted by atomic mass is 10.0. The first-order chi connectivity index (χ1) is 9.10. The number of benzene rings is 1. The van der Waals surface area contributed by atoms with Crippen LogP contribution in [0.15, 0.2) is 40.2 Å². The van der Waals surface area contributed by atoms with Gasteiger partial charge in [-0.05, 0) is 25.8 Å². The fourth-order valence-electron chi connectivity index (χ4n) is 1.87. The van der Waals surface area contributed by atoms with Crippen molar-refractivity contribution in [2.24, 2.45) is 5.73 Å². The van der Waals surface area contributed by atoms with Crippen molar-refractivity contribution >= 4 is 11.8 Å². The molecule has 0 aliphatic carbocycles. The Balaban J connectivity index is 2.23. The molecule has 1 aromatic heterocycles. The summed E-state index contributed by atoms with van der Waals surface area (Å²) in [5.41, 5.74) is 9.63. The van der Waals surface area contributed by atoms with Crippen LogP contribution in [0.25, 0.3) is 0 Å². The van der Waals surface area contributed by atoms with Crippen molar-refractivity contribution < 1.29 is 4.42 Å². The molecule has 102 valence electrons. The van der Waals surface area contributed by atoms with Crippen molar-refractivity contribution in [1.29, 1.82) is 0 Å². The van der Waals surface area contributed by atoms with E-state index in [-0.39, 0.29) is 11.3 Å². The minimum atomic E-state index is 0.0833. The van der Waals surface area contributed by atoms with Gasteiger partial charge in [0.1, 0.15) is 6.26 Å². The van der Waals surface area contributed by atoms with Crippen LogP contribution in [0.4, 0.5) is 0 Å². The Bertz CT molecular complexity index is 521. The lowest BCUT2D eigenvalue weighted by Gasteiger charge is -2.21. The van der Waals surface area contributed by atoms with Gasteiger partial charge in [-0.25, -0.2) is 4.98 Å². The first kappa shape index (κ1) is 14.2. The molecule has 2 atom stereocenters. The molecule has 1 aromatic carbocycles. The number of nitrogens with two attached hydrogens (primary N) is 1. The predicted octanol–water partition coefficient (Wildman–Crippen LogP) is 3.86. The first-order valence-electron chi connectivity index (χ1n) is 6.51. The summed E-state index contributed by atoms with van der Waals surface area (Å²) in [7, 11) is 0. The van der Waals surface area contributed by atoms with Gasteiger partial charge in [0.05, 0.1) is 10.9 Å². The highest BCUT2D eigenvalue weighted by Gasteiger charge is 2.22. The molecule has 2 aromatic rings. The maximum atomic E-state index is 6.25. The van der Waals surface area contributed by atoms with Crippen molar-refractivity contribution in [2.45, 2.75) is 43.7 Å². The molecule has 0 radical (unpaired) electrons. The van der Waals surface area contributed by atoms with Crippen molar-refractivity contribution in [2.75, 3.05) is 0 Å². The summed E-state index contributed by atoms with van der Waals surface area (Å²) in [6.45, 7) is 6.12. The molecule has 1 heterocycles. The Labute approximate surface area is 118 Å². The molecule has 3 nitrogen and oxygen atoms in total. The molecule has 0 spiro atoms. The Morgan fingerprint density at radius 2 is 1.95 bits per heavy atom. The van der Waals surface area contributed by atoms with Gasteiger partial charge < -0.3 is 10.2 Å². The van der Waals surface area contributed by atoms with E-state index in [1.807, 2.05) is 6.92 Å². The van der Waals surface area contributed by atoms with Crippen LogP contribution in [0.5, 0.6) is 0 Å². The number of aromatic nitrogens is 1. The fraction of sp³-hybridized carbons (Fsp3) is 0.400. The van der Waals surface area contributed by atoms with Crippen LogP contribution in [0.1, 0.15) is 35.4 Å². The maximum Gasteiger partial charge on any atom is 0.256 e. The van der Waals surface area contributed by atoms with E-state index in [0.29, 0.717) is 5.22 Å². The standard InChI is InChI=1S/C15H20N2OS/c1-4-13(16)14(12-7-5-10(2)6-8-12)19-15-17-11(3)9-18-15/h5-9,13-14H,4,16H2,1-3H3. The molecule has 0 bridgehead atoms. The van der Waals surface area contributed by atoms with Crippen molar-refractivity contribution in [3.63, 3.8) is 0 Å². The number of hydrogen-bond acceptors (Lipinski definition) is 4. The van der Waals surface area contributed by atoms with Gasteiger partial charge in [-0.2, -0.15) is 0 Å². The third kappa shape index (κ3) is 3.61. The molecular weight excluding hydrogens is 256 g/mol. The minimum absolute atomic E-state index is 0.0833. The second-order valence-electron chi connectivity index (χ2n) is 4.78. The molecule has 0 aliphatic rings. The zero-order valence-corrected chi connectivity index (χ0v) is 12.4. The van der Waals surface area contributed by atoms with Crippen LogP contribution in [-0.4, -0.2) is 11.0 Å². The van der Waals surface area contributed by atoms with E-state index in [2.05, 4.69) is 43.1 Å². The first-order valence-corrected chi connectivity index (χ1v) is 7.39. The van der Waals surface area contributed by atoms with Gasteiger partial charge in [0, 0.05) is 6.04 Å². The SMILES string of the molecule is CCC(N)C(Sc1nc(C)co1)c1ccc(C)cc1. The largest absolute Gasteiger partial charge is 0.440 e. The molecule has 4 heteroatoms. The van der Waals surface area contributed by atoms with Crippen molar-refractivity contribution in [3.8, 4) is 0 Å². The van der Waals surface area contributed by atoms with Crippen LogP contribution >= 0.6 is 11.8 Å². The highest BCUT2D eigenvalue weighted by molar-refractivity contribution is 7.99. The van der Waals surface area contributed by atoms with Gasteiger partial charge in [0.2, 0.25) is 0 Å². The number of rotatable bonds is 5. The number of oxazole rings is 1. The molecule has 0 aliphatic heterocycles. The predicted molar refractivity (Wildman–Crippen MR) is 79.3 cm³/mol. The highest BCUT2D eigenvalue weighted by Crippen LogP contribution is 2.37. The zero-order valence-electron chi connectivity index (χ0n) is 11.6. The lowest BCUT2D eigenvalue weighted by molar-refractivity contribution is 0.451. The average Bonchev–Trinajstić information content (AvgIpc) is 2.82. The highest BCUT2D eigenvalue weighted by atomic mass is 32.2.